The van der Waals surface area contributed by atoms with Gasteiger partial charge in [0.25, 0.3) is 0 Å². The first-order valence-electron chi connectivity index (χ1n) is 6.69. The average molecular weight is 286 g/mol. The van der Waals surface area contributed by atoms with Crippen LogP contribution in [0.25, 0.3) is 0 Å². The molecule has 5 heteroatoms. The molecule has 0 aromatic heterocycles. The maximum atomic E-state index is 13.1. The minimum atomic E-state index is -0.305. The molecule has 19 heavy (non-hydrogen) atoms. The van der Waals surface area contributed by atoms with Crippen molar-refractivity contribution in [1.29, 1.82) is 0 Å². The van der Waals surface area contributed by atoms with Gasteiger partial charge in [-0.1, -0.05) is 17.7 Å². The van der Waals surface area contributed by atoms with Gasteiger partial charge < -0.3 is 10.6 Å². The Balaban J connectivity index is 2.18. The van der Waals surface area contributed by atoms with E-state index < -0.39 is 0 Å². The van der Waals surface area contributed by atoms with Gasteiger partial charge in [-0.05, 0) is 37.7 Å². The third kappa shape index (κ3) is 3.66. The maximum Gasteiger partial charge on any atom is 0.124 e. The molecule has 1 saturated heterocycles. The highest BCUT2D eigenvalue weighted by Crippen LogP contribution is 2.28. The van der Waals surface area contributed by atoms with E-state index in [9.17, 15) is 4.39 Å². The van der Waals surface area contributed by atoms with Crippen molar-refractivity contribution < 1.29 is 4.39 Å². The van der Waals surface area contributed by atoms with E-state index in [-0.39, 0.29) is 11.9 Å². The molecule has 0 bridgehead atoms. The van der Waals surface area contributed by atoms with Gasteiger partial charge in [0.2, 0.25) is 0 Å². The summed E-state index contributed by atoms with van der Waals surface area (Å²) in [5.74, 6) is -0.305. The summed E-state index contributed by atoms with van der Waals surface area (Å²) in [5.41, 5.74) is 6.85. The quantitative estimate of drug-likeness (QED) is 0.923. The molecule has 1 aromatic rings. The lowest BCUT2D eigenvalue weighted by Crippen LogP contribution is -2.36. The zero-order chi connectivity index (χ0) is 13.8. The Morgan fingerprint density at radius 2 is 2.11 bits per heavy atom. The highest BCUT2D eigenvalue weighted by Gasteiger charge is 2.23. The van der Waals surface area contributed by atoms with Crippen molar-refractivity contribution in [2.75, 3.05) is 39.8 Å². The molecule has 0 radical (unpaired) electrons. The van der Waals surface area contributed by atoms with E-state index in [2.05, 4.69) is 16.8 Å². The third-order valence-corrected chi connectivity index (χ3v) is 4.07. The van der Waals surface area contributed by atoms with Crippen LogP contribution in [0.3, 0.4) is 0 Å². The summed E-state index contributed by atoms with van der Waals surface area (Å²) >= 11 is 6.16. The molecule has 0 amide bonds. The second-order valence-corrected chi connectivity index (χ2v) is 5.52. The van der Waals surface area contributed by atoms with Gasteiger partial charge in [0.15, 0.2) is 0 Å². The summed E-state index contributed by atoms with van der Waals surface area (Å²) in [6, 6.07) is 4.64. The topological polar surface area (TPSA) is 32.5 Å². The minimum Gasteiger partial charge on any atom is -0.329 e. The van der Waals surface area contributed by atoms with Crippen molar-refractivity contribution in [3.63, 3.8) is 0 Å². The fraction of sp³-hybridized carbons (Fsp3) is 0.571. The summed E-state index contributed by atoms with van der Waals surface area (Å²) < 4.78 is 13.1. The van der Waals surface area contributed by atoms with Crippen LogP contribution in [0.2, 0.25) is 5.02 Å². The first-order chi connectivity index (χ1) is 9.11. The number of likely N-dealkylation sites (N-methyl/N-ethyl adjacent to an activating group) is 1. The van der Waals surface area contributed by atoms with E-state index in [1.54, 1.807) is 6.07 Å². The van der Waals surface area contributed by atoms with Crippen molar-refractivity contribution in [3.05, 3.63) is 34.6 Å². The molecule has 0 spiro atoms. The van der Waals surface area contributed by atoms with Gasteiger partial charge in [-0.15, -0.1) is 0 Å². The van der Waals surface area contributed by atoms with Crippen LogP contribution in [-0.2, 0) is 0 Å². The van der Waals surface area contributed by atoms with Gasteiger partial charge in [0, 0.05) is 37.2 Å². The summed E-state index contributed by atoms with van der Waals surface area (Å²) in [5, 5.41) is 0.466. The summed E-state index contributed by atoms with van der Waals surface area (Å²) in [4.78, 5) is 4.67. The van der Waals surface area contributed by atoms with Crippen molar-refractivity contribution >= 4 is 11.6 Å². The summed E-state index contributed by atoms with van der Waals surface area (Å²) in [6.45, 7) is 4.58. The number of rotatable bonds is 3. The maximum absolute atomic E-state index is 13.1. The Kier molecular flexibility index (Phi) is 5.16. The van der Waals surface area contributed by atoms with E-state index in [0.29, 0.717) is 11.6 Å². The molecule has 0 aliphatic carbocycles. The van der Waals surface area contributed by atoms with E-state index in [4.69, 9.17) is 17.3 Å². The van der Waals surface area contributed by atoms with Gasteiger partial charge in [0.1, 0.15) is 5.82 Å². The largest absolute Gasteiger partial charge is 0.329 e. The van der Waals surface area contributed by atoms with Crippen molar-refractivity contribution in [2.45, 2.75) is 12.5 Å². The second kappa shape index (κ2) is 6.66. The molecule has 1 aromatic carbocycles. The number of hydrogen-bond donors (Lipinski definition) is 1. The third-order valence-electron chi connectivity index (χ3n) is 3.74. The highest BCUT2D eigenvalue weighted by molar-refractivity contribution is 6.31. The van der Waals surface area contributed by atoms with E-state index >= 15 is 0 Å². The first kappa shape index (κ1) is 14.7. The summed E-state index contributed by atoms with van der Waals surface area (Å²) in [6.07, 6.45) is 1.12. The number of halogens is 2. The Morgan fingerprint density at radius 3 is 2.79 bits per heavy atom. The van der Waals surface area contributed by atoms with E-state index in [1.807, 2.05) is 0 Å². The lowest BCUT2D eigenvalue weighted by molar-refractivity contribution is 0.208. The van der Waals surface area contributed by atoms with Crippen LogP contribution in [-0.4, -0.2) is 49.6 Å². The molecular formula is C14H21ClFN3. The molecule has 2 N–H and O–H groups in total. The zero-order valence-electron chi connectivity index (χ0n) is 11.3. The second-order valence-electron chi connectivity index (χ2n) is 5.11. The predicted molar refractivity (Wildman–Crippen MR) is 76.9 cm³/mol. The van der Waals surface area contributed by atoms with Crippen molar-refractivity contribution in [3.8, 4) is 0 Å². The number of benzene rings is 1. The molecule has 1 unspecified atom stereocenters. The zero-order valence-corrected chi connectivity index (χ0v) is 12.0. The molecule has 1 fully saturated rings. The van der Waals surface area contributed by atoms with Crippen molar-refractivity contribution in [1.82, 2.24) is 9.80 Å². The molecule has 106 valence electrons. The van der Waals surface area contributed by atoms with E-state index in [0.717, 1.165) is 38.2 Å². The van der Waals surface area contributed by atoms with Gasteiger partial charge in [-0.25, -0.2) is 4.39 Å². The van der Waals surface area contributed by atoms with Gasteiger partial charge in [-0.2, -0.15) is 0 Å². The smallest absolute Gasteiger partial charge is 0.124 e. The van der Waals surface area contributed by atoms with Crippen LogP contribution in [0.5, 0.6) is 0 Å². The SMILES string of the molecule is CN1CCCN(C(CN)c2ccc(F)cc2Cl)CC1. The minimum absolute atomic E-state index is 0.0691. The van der Waals surface area contributed by atoms with Gasteiger partial charge >= 0.3 is 0 Å². The first-order valence-corrected chi connectivity index (χ1v) is 7.07. The lowest BCUT2D eigenvalue weighted by atomic mass is 10.0. The van der Waals surface area contributed by atoms with E-state index in [1.165, 1.54) is 12.1 Å². The Hall–Kier alpha value is -0.680. The average Bonchev–Trinajstić information content (AvgIpc) is 2.58. The normalized spacial score (nSPS) is 20.2. The molecule has 1 aliphatic rings. The van der Waals surface area contributed by atoms with Crippen molar-refractivity contribution in [2.24, 2.45) is 5.73 Å². The molecule has 1 aliphatic heterocycles. The fourth-order valence-electron chi connectivity index (χ4n) is 2.62. The standard InChI is InChI=1S/C14H21ClFN3/c1-18-5-2-6-19(8-7-18)14(10-17)12-4-3-11(16)9-13(12)15/h3-4,9,14H,2,5-8,10,17H2,1H3. The molecule has 1 heterocycles. The van der Waals surface area contributed by atoms with Crippen LogP contribution in [0, 0.1) is 5.82 Å². The molecule has 3 nitrogen and oxygen atoms in total. The highest BCUT2D eigenvalue weighted by atomic mass is 35.5. The molecule has 0 saturated carbocycles. The van der Waals surface area contributed by atoms with Gasteiger partial charge in [-0.3, -0.25) is 4.90 Å². The monoisotopic (exact) mass is 285 g/mol. The number of nitrogens with two attached hydrogens (primary N) is 1. The molecule has 1 atom stereocenters. The van der Waals surface area contributed by atoms with Crippen LogP contribution in [0.4, 0.5) is 4.39 Å². The van der Waals surface area contributed by atoms with Crippen LogP contribution in [0.15, 0.2) is 18.2 Å². The fourth-order valence-corrected chi connectivity index (χ4v) is 2.92. The number of hydrogen-bond acceptors (Lipinski definition) is 3. The van der Waals surface area contributed by atoms with Crippen LogP contribution < -0.4 is 5.73 Å². The Bertz CT molecular complexity index is 427. The Labute approximate surface area is 119 Å². The van der Waals surface area contributed by atoms with Crippen LogP contribution >= 0.6 is 11.6 Å². The molecular weight excluding hydrogens is 265 g/mol. The predicted octanol–water partition coefficient (Wildman–Crippen LogP) is 2.12. The van der Waals surface area contributed by atoms with Crippen LogP contribution in [0.1, 0.15) is 18.0 Å². The molecule has 2 rings (SSSR count). The van der Waals surface area contributed by atoms with Gasteiger partial charge in [0.05, 0.1) is 0 Å². The lowest BCUT2D eigenvalue weighted by Gasteiger charge is -2.30. The number of nitrogens with zero attached hydrogens (tertiary/aromatic N) is 2. The summed E-state index contributed by atoms with van der Waals surface area (Å²) in [7, 11) is 2.13. The Morgan fingerprint density at radius 1 is 1.32 bits per heavy atom.